The molecule has 0 fully saturated rings. The lowest BCUT2D eigenvalue weighted by Crippen LogP contribution is -2.22. The SMILES string of the molecule is Cc1ccccc1S(=O)(=O)N(C)N=Cc1cnc2ccc(C#N)cn12. The highest BCUT2D eigenvalue weighted by Gasteiger charge is 2.21. The molecule has 0 aliphatic carbocycles. The number of aromatic nitrogens is 2. The van der Waals surface area contributed by atoms with Gasteiger partial charge in [-0.25, -0.2) is 4.98 Å². The molecule has 126 valence electrons. The van der Waals surface area contributed by atoms with Gasteiger partial charge in [0.1, 0.15) is 11.7 Å². The predicted molar refractivity (Wildman–Crippen MR) is 93.6 cm³/mol. The van der Waals surface area contributed by atoms with Gasteiger partial charge in [0.05, 0.1) is 28.6 Å². The van der Waals surface area contributed by atoms with Crippen LogP contribution in [0.2, 0.25) is 0 Å². The summed E-state index contributed by atoms with van der Waals surface area (Å²) in [6.07, 6.45) is 4.59. The lowest BCUT2D eigenvalue weighted by molar-refractivity contribution is 0.490. The zero-order valence-electron chi connectivity index (χ0n) is 13.7. The van der Waals surface area contributed by atoms with Crippen molar-refractivity contribution in [3.05, 3.63) is 65.6 Å². The minimum absolute atomic E-state index is 0.208. The summed E-state index contributed by atoms with van der Waals surface area (Å²) in [4.78, 5) is 4.41. The number of hydrogen-bond acceptors (Lipinski definition) is 5. The van der Waals surface area contributed by atoms with E-state index in [1.165, 1.54) is 13.3 Å². The van der Waals surface area contributed by atoms with Gasteiger partial charge < -0.3 is 0 Å². The molecule has 25 heavy (non-hydrogen) atoms. The van der Waals surface area contributed by atoms with Crippen LogP contribution in [0.1, 0.15) is 16.8 Å². The van der Waals surface area contributed by atoms with E-state index in [0.29, 0.717) is 22.5 Å². The van der Waals surface area contributed by atoms with Crippen molar-refractivity contribution in [2.24, 2.45) is 5.10 Å². The fraction of sp³-hybridized carbons (Fsp3) is 0.118. The van der Waals surface area contributed by atoms with Crippen molar-refractivity contribution in [3.8, 4) is 6.07 Å². The van der Waals surface area contributed by atoms with E-state index in [1.807, 2.05) is 0 Å². The van der Waals surface area contributed by atoms with Gasteiger partial charge in [-0.05, 0) is 30.7 Å². The van der Waals surface area contributed by atoms with E-state index in [-0.39, 0.29) is 4.90 Å². The van der Waals surface area contributed by atoms with Crippen LogP contribution in [-0.2, 0) is 10.0 Å². The van der Waals surface area contributed by atoms with Crippen LogP contribution in [0.5, 0.6) is 0 Å². The Kier molecular flexibility index (Phi) is 4.25. The maximum absolute atomic E-state index is 12.6. The molecule has 0 radical (unpaired) electrons. The van der Waals surface area contributed by atoms with Crippen LogP contribution in [0.3, 0.4) is 0 Å². The number of hydrazone groups is 1. The van der Waals surface area contributed by atoms with E-state index >= 15 is 0 Å². The number of hydrogen-bond donors (Lipinski definition) is 0. The largest absolute Gasteiger partial charge is 0.297 e. The highest BCUT2D eigenvalue weighted by Crippen LogP contribution is 2.18. The van der Waals surface area contributed by atoms with Crippen molar-refractivity contribution in [2.75, 3.05) is 7.05 Å². The molecule has 0 atom stereocenters. The molecule has 8 heteroatoms. The molecule has 0 saturated heterocycles. The molecule has 0 unspecified atom stereocenters. The second-order valence-corrected chi connectivity index (χ2v) is 7.31. The minimum atomic E-state index is -3.74. The Morgan fingerprint density at radius 3 is 2.76 bits per heavy atom. The number of rotatable bonds is 4. The lowest BCUT2D eigenvalue weighted by Gasteiger charge is -2.15. The Hall–Kier alpha value is -3.18. The molecule has 1 aromatic carbocycles. The Balaban J connectivity index is 1.94. The number of benzene rings is 1. The molecule has 0 spiro atoms. The summed E-state index contributed by atoms with van der Waals surface area (Å²) in [6.45, 7) is 1.73. The van der Waals surface area contributed by atoms with Gasteiger partial charge in [-0.3, -0.25) is 4.40 Å². The van der Waals surface area contributed by atoms with Crippen LogP contribution in [0.25, 0.3) is 5.65 Å². The first-order chi connectivity index (χ1) is 11.9. The van der Waals surface area contributed by atoms with Gasteiger partial charge in [0.25, 0.3) is 10.0 Å². The third kappa shape index (κ3) is 3.09. The van der Waals surface area contributed by atoms with E-state index in [9.17, 15) is 8.42 Å². The maximum Gasteiger partial charge on any atom is 0.279 e. The van der Waals surface area contributed by atoms with Crippen LogP contribution >= 0.6 is 0 Å². The second-order valence-electron chi connectivity index (χ2n) is 5.39. The molecule has 3 aromatic rings. The van der Waals surface area contributed by atoms with Crippen molar-refractivity contribution in [1.82, 2.24) is 13.8 Å². The molecule has 0 N–H and O–H groups in total. The van der Waals surface area contributed by atoms with Crippen LogP contribution in [0.15, 0.2) is 58.8 Å². The fourth-order valence-electron chi connectivity index (χ4n) is 2.35. The number of aryl methyl sites for hydroxylation is 1. The predicted octanol–water partition coefficient (Wildman–Crippen LogP) is 2.17. The van der Waals surface area contributed by atoms with Crippen molar-refractivity contribution in [2.45, 2.75) is 11.8 Å². The summed E-state index contributed by atoms with van der Waals surface area (Å²) in [7, 11) is -2.36. The zero-order valence-corrected chi connectivity index (χ0v) is 14.5. The molecule has 0 saturated carbocycles. The number of nitriles is 1. The standard InChI is InChI=1S/C17H15N5O2S/c1-13-5-3-4-6-16(13)25(23,24)21(2)20-11-15-10-19-17-8-7-14(9-18)12-22(15)17/h3-8,10-12H,1-2H3. The monoisotopic (exact) mass is 353 g/mol. The highest BCUT2D eigenvalue weighted by atomic mass is 32.2. The summed E-state index contributed by atoms with van der Waals surface area (Å²) in [5.41, 5.74) is 2.34. The van der Waals surface area contributed by atoms with Gasteiger partial charge >= 0.3 is 0 Å². The van der Waals surface area contributed by atoms with Gasteiger partial charge in [0.15, 0.2) is 0 Å². The number of sulfonamides is 1. The van der Waals surface area contributed by atoms with E-state index in [1.54, 1.807) is 60.1 Å². The third-order valence-corrected chi connectivity index (χ3v) is 5.54. The van der Waals surface area contributed by atoms with Gasteiger partial charge in [-0.15, -0.1) is 0 Å². The number of imidazole rings is 1. The fourth-order valence-corrected chi connectivity index (χ4v) is 3.53. The first-order valence-electron chi connectivity index (χ1n) is 7.39. The molecule has 0 amide bonds. The van der Waals surface area contributed by atoms with Crippen molar-refractivity contribution >= 4 is 21.9 Å². The van der Waals surface area contributed by atoms with E-state index < -0.39 is 10.0 Å². The lowest BCUT2D eigenvalue weighted by atomic mass is 10.2. The van der Waals surface area contributed by atoms with Crippen LogP contribution in [-0.4, -0.2) is 35.5 Å². The van der Waals surface area contributed by atoms with Crippen molar-refractivity contribution in [3.63, 3.8) is 0 Å². The highest BCUT2D eigenvalue weighted by molar-refractivity contribution is 7.89. The third-order valence-electron chi connectivity index (χ3n) is 3.74. The normalized spacial score (nSPS) is 11.7. The Bertz CT molecular complexity index is 1110. The van der Waals surface area contributed by atoms with Crippen LogP contribution < -0.4 is 0 Å². The first kappa shape index (κ1) is 16.7. The molecule has 0 bridgehead atoms. The summed E-state index contributed by atoms with van der Waals surface area (Å²) in [5.74, 6) is 0. The van der Waals surface area contributed by atoms with Gasteiger partial charge in [-0.2, -0.15) is 23.2 Å². The molecule has 3 rings (SSSR count). The second kappa shape index (κ2) is 6.37. The van der Waals surface area contributed by atoms with Crippen LogP contribution in [0, 0.1) is 18.3 Å². The molecular formula is C17H15N5O2S. The smallest absolute Gasteiger partial charge is 0.279 e. The first-order valence-corrected chi connectivity index (χ1v) is 8.83. The molecule has 7 nitrogen and oxygen atoms in total. The van der Waals surface area contributed by atoms with Crippen molar-refractivity contribution < 1.29 is 8.42 Å². The molecular weight excluding hydrogens is 338 g/mol. The zero-order chi connectivity index (χ0) is 18.0. The van der Waals surface area contributed by atoms with E-state index in [2.05, 4.69) is 16.2 Å². The molecule has 0 aliphatic rings. The molecule has 2 aromatic heterocycles. The quantitative estimate of drug-likeness (QED) is 0.531. The van der Waals surface area contributed by atoms with E-state index in [4.69, 9.17) is 5.26 Å². The Morgan fingerprint density at radius 1 is 1.28 bits per heavy atom. The Morgan fingerprint density at radius 2 is 2.04 bits per heavy atom. The van der Waals surface area contributed by atoms with Crippen molar-refractivity contribution in [1.29, 1.82) is 5.26 Å². The average molecular weight is 353 g/mol. The topological polar surface area (TPSA) is 90.8 Å². The molecule has 0 aliphatic heterocycles. The number of pyridine rings is 1. The number of nitrogens with zero attached hydrogens (tertiary/aromatic N) is 5. The average Bonchev–Trinajstić information content (AvgIpc) is 3.01. The number of fused-ring (bicyclic) bond motifs is 1. The van der Waals surface area contributed by atoms with E-state index in [0.717, 1.165) is 4.41 Å². The molecule has 2 heterocycles. The summed E-state index contributed by atoms with van der Waals surface area (Å²) < 4.78 is 27.8. The van der Waals surface area contributed by atoms with Crippen LogP contribution in [0.4, 0.5) is 0 Å². The maximum atomic E-state index is 12.6. The van der Waals surface area contributed by atoms with Gasteiger partial charge in [0.2, 0.25) is 0 Å². The summed E-state index contributed by atoms with van der Waals surface area (Å²) in [5, 5.41) is 13.0. The summed E-state index contributed by atoms with van der Waals surface area (Å²) in [6, 6.07) is 12.2. The Labute approximate surface area is 145 Å². The summed E-state index contributed by atoms with van der Waals surface area (Å²) >= 11 is 0. The minimum Gasteiger partial charge on any atom is -0.297 e. The van der Waals surface area contributed by atoms with Gasteiger partial charge in [-0.1, -0.05) is 18.2 Å². The van der Waals surface area contributed by atoms with Gasteiger partial charge in [0, 0.05) is 13.2 Å².